The zero-order valence-electron chi connectivity index (χ0n) is 11.1. The normalized spacial score (nSPS) is 31.5. The van der Waals surface area contributed by atoms with E-state index >= 15 is 0 Å². The molecule has 3 heteroatoms. The molecule has 0 aromatic carbocycles. The molecule has 0 spiro atoms. The van der Waals surface area contributed by atoms with Crippen LogP contribution in [0, 0.1) is 17.8 Å². The molecule has 2 fully saturated rings. The van der Waals surface area contributed by atoms with Crippen molar-refractivity contribution < 1.29 is 9.90 Å². The maximum Gasteiger partial charge on any atom is 0.303 e. The Morgan fingerprint density at radius 3 is 2.65 bits per heavy atom. The van der Waals surface area contributed by atoms with Crippen molar-refractivity contribution in [3.8, 4) is 0 Å². The van der Waals surface area contributed by atoms with Gasteiger partial charge in [0.15, 0.2) is 0 Å². The number of carboxylic acid groups (broad SMARTS) is 1. The van der Waals surface area contributed by atoms with Crippen LogP contribution in [-0.2, 0) is 4.79 Å². The molecule has 2 unspecified atom stereocenters. The highest BCUT2D eigenvalue weighted by Gasteiger charge is 2.36. The van der Waals surface area contributed by atoms with Crippen molar-refractivity contribution in [1.29, 1.82) is 0 Å². The number of carbonyl (C=O) groups is 1. The zero-order chi connectivity index (χ0) is 12.4. The number of nitrogens with zero attached hydrogens (tertiary/aromatic N) is 1. The lowest BCUT2D eigenvalue weighted by Crippen LogP contribution is -2.54. The molecule has 98 valence electrons. The summed E-state index contributed by atoms with van der Waals surface area (Å²) in [6, 6.07) is 0.737. The third-order valence-corrected chi connectivity index (χ3v) is 4.60. The predicted octanol–water partition coefficient (Wildman–Crippen LogP) is 2.61. The van der Waals surface area contributed by atoms with Crippen LogP contribution in [0.3, 0.4) is 0 Å². The molecule has 1 saturated carbocycles. The number of hydrogen-bond donors (Lipinski definition) is 1. The molecular formula is C14H25NO2. The Balaban J connectivity index is 1.75. The first-order valence-corrected chi connectivity index (χ1v) is 7.02. The van der Waals surface area contributed by atoms with Gasteiger partial charge in [-0.2, -0.15) is 0 Å². The van der Waals surface area contributed by atoms with Gasteiger partial charge in [0.05, 0.1) is 6.42 Å². The Morgan fingerprint density at radius 2 is 2.06 bits per heavy atom. The second-order valence-corrected chi connectivity index (χ2v) is 6.24. The lowest BCUT2D eigenvalue weighted by molar-refractivity contribution is -0.140. The summed E-state index contributed by atoms with van der Waals surface area (Å²) in [5.41, 5.74) is 0. The van der Waals surface area contributed by atoms with Crippen LogP contribution < -0.4 is 0 Å². The van der Waals surface area contributed by atoms with Crippen LogP contribution in [0.5, 0.6) is 0 Å². The fraction of sp³-hybridized carbons (Fsp3) is 0.929. The van der Waals surface area contributed by atoms with Gasteiger partial charge in [0, 0.05) is 19.1 Å². The van der Waals surface area contributed by atoms with E-state index in [2.05, 4.69) is 18.7 Å². The molecule has 1 heterocycles. The number of carboxylic acids is 1. The van der Waals surface area contributed by atoms with E-state index in [0.717, 1.165) is 31.0 Å². The van der Waals surface area contributed by atoms with Gasteiger partial charge in [0.25, 0.3) is 0 Å². The highest BCUT2D eigenvalue weighted by molar-refractivity contribution is 5.67. The minimum atomic E-state index is -0.640. The number of hydrogen-bond acceptors (Lipinski definition) is 2. The molecule has 1 saturated heterocycles. The van der Waals surface area contributed by atoms with E-state index in [1.54, 1.807) is 0 Å². The average molecular weight is 239 g/mol. The van der Waals surface area contributed by atoms with E-state index in [-0.39, 0.29) is 0 Å². The molecule has 0 radical (unpaired) electrons. The van der Waals surface area contributed by atoms with E-state index in [4.69, 9.17) is 5.11 Å². The summed E-state index contributed by atoms with van der Waals surface area (Å²) < 4.78 is 0. The first kappa shape index (κ1) is 12.9. The molecule has 3 nitrogen and oxygen atoms in total. The summed E-state index contributed by atoms with van der Waals surface area (Å²) >= 11 is 0. The summed E-state index contributed by atoms with van der Waals surface area (Å²) in [5.74, 6) is 1.45. The van der Waals surface area contributed by atoms with Gasteiger partial charge in [0.1, 0.15) is 0 Å². The van der Waals surface area contributed by atoms with Crippen molar-refractivity contribution in [3.05, 3.63) is 0 Å². The van der Waals surface area contributed by atoms with Gasteiger partial charge >= 0.3 is 5.97 Å². The summed E-state index contributed by atoms with van der Waals surface area (Å²) in [6.07, 6.45) is 5.76. The fourth-order valence-electron chi connectivity index (χ4n) is 3.42. The number of likely N-dealkylation sites (tertiary alicyclic amines) is 1. The number of aliphatic carboxylic acids is 1. The van der Waals surface area contributed by atoms with E-state index in [1.807, 2.05) is 0 Å². The molecule has 1 aliphatic carbocycles. The molecule has 0 bridgehead atoms. The molecule has 0 amide bonds. The lowest BCUT2D eigenvalue weighted by atomic mass is 9.77. The Morgan fingerprint density at radius 1 is 1.35 bits per heavy atom. The molecule has 0 aromatic heterocycles. The molecule has 0 aromatic rings. The van der Waals surface area contributed by atoms with Crippen LogP contribution in [0.25, 0.3) is 0 Å². The maximum atomic E-state index is 10.6. The van der Waals surface area contributed by atoms with Crippen LogP contribution in [0.2, 0.25) is 0 Å². The molecule has 1 aliphatic heterocycles. The molecule has 1 N–H and O–H groups in total. The van der Waals surface area contributed by atoms with Gasteiger partial charge in [-0.1, -0.05) is 26.7 Å². The Kier molecular flexibility index (Phi) is 4.08. The minimum Gasteiger partial charge on any atom is -0.481 e. The summed E-state index contributed by atoms with van der Waals surface area (Å²) in [4.78, 5) is 13.1. The molecule has 2 rings (SSSR count). The number of rotatable bonds is 4. The smallest absolute Gasteiger partial charge is 0.303 e. The standard InChI is InChI=1S/C14H25NO2/c1-10(2)12-4-3-5-13(7-12)15-8-11(9-15)6-14(16)17/h10-13H,3-9H2,1-2H3,(H,16,17). The molecule has 17 heavy (non-hydrogen) atoms. The summed E-state index contributed by atoms with van der Waals surface area (Å²) in [5, 5.41) is 8.74. The Hall–Kier alpha value is -0.570. The topological polar surface area (TPSA) is 40.5 Å². The molecule has 2 aliphatic rings. The van der Waals surface area contributed by atoms with Crippen LogP contribution in [0.4, 0.5) is 0 Å². The third kappa shape index (κ3) is 3.21. The SMILES string of the molecule is CC(C)C1CCCC(N2CC(CC(=O)O)C2)C1. The van der Waals surface area contributed by atoms with Crippen LogP contribution in [0.1, 0.15) is 46.0 Å². The van der Waals surface area contributed by atoms with E-state index < -0.39 is 5.97 Å². The minimum absolute atomic E-state index is 0.358. The van der Waals surface area contributed by atoms with Crippen molar-refractivity contribution in [2.24, 2.45) is 17.8 Å². The third-order valence-electron chi connectivity index (χ3n) is 4.60. The Labute approximate surface area is 104 Å². The van der Waals surface area contributed by atoms with Gasteiger partial charge in [-0.3, -0.25) is 9.69 Å². The van der Waals surface area contributed by atoms with E-state index in [9.17, 15) is 4.79 Å². The Bertz CT molecular complexity index is 271. The van der Waals surface area contributed by atoms with Crippen molar-refractivity contribution in [2.75, 3.05) is 13.1 Å². The van der Waals surface area contributed by atoms with Gasteiger partial charge in [-0.15, -0.1) is 0 Å². The average Bonchev–Trinajstić information content (AvgIpc) is 2.22. The molecule has 2 atom stereocenters. The second kappa shape index (κ2) is 5.38. The van der Waals surface area contributed by atoms with Crippen molar-refractivity contribution in [3.63, 3.8) is 0 Å². The van der Waals surface area contributed by atoms with Gasteiger partial charge in [-0.25, -0.2) is 0 Å². The molecular weight excluding hydrogens is 214 g/mol. The zero-order valence-corrected chi connectivity index (χ0v) is 11.1. The first-order valence-electron chi connectivity index (χ1n) is 7.02. The summed E-state index contributed by atoms with van der Waals surface area (Å²) in [7, 11) is 0. The highest BCUT2D eigenvalue weighted by Crippen LogP contribution is 2.35. The van der Waals surface area contributed by atoms with Crippen LogP contribution in [0.15, 0.2) is 0 Å². The van der Waals surface area contributed by atoms with Crippen LogP contribution >= 0.6 is 0 Å². The van der Waals surface area contributed by atoms with Gasteiger partial charge in [0.2, 0.25) is 0 Å². The van der Waals surface area contributed by atoms with Crippen molar-refractivity contribution in [1.82, 2.24) is 4.90 Å². The lowest BCUT2D eigenvalue weighted by Gasteiger charge is -2.47. The van der Waals surface area contributed by atoms with Crippen molar-refractivity contribution >= 4 is 5.97 Å². The van der Waals surface area contributed by atoms with E-state index in [0.29, 0.717) is 12.3 Å². The van der Waals surface area contributed by atoms with E-state index in [1.165, 1.54) is 25.7 Å². The predicted molar refractivity (Wildman–Crippen MR) is 67.9 cm³/mol. The van der Waals surface area contributed by atoms with Crippen LogP contribution in [-0.4, -0.2) is 35.1 Å². The summed E-state index contributed by atoms with van der Waals surface area (Å²) in [6.45, 7) is 6.69. The van der Waals surface area contributed by atoms with Crippen molar-refractivity contribution in [2.45, 2.75) is 52.0 Å². The maximum absolute atomic E-state index is 10.6. The van der Waals surface area contributed by atoms with Gasteiger partial charge in [-0.05, 0) is 30.6 Å². The quantitative estimate of drug-likeness (QED) is 0.820. The first-order chi connectivity index (χ1) is 8.06. The largest absolute Gasteiger partial charge is 0.481 e. The fourth-order valence-corrected chi connectivity index (χ4v) is 3.42. The monoisotopic (exact) mass is 239 g/mol. The highest BCUT2D eigenvalue weighted by atomic mass is 16.4. The van der Waals surface area contributed by atoms with Gasteiger partial charge < -0.3 is 5.11 Å². The second-order valence-electron chi connectivity index (χ2n) is 6.24.